The fourth-order valence-corrected chi connectivity index (χ4v) is 5.81. The van der Waals surface area contributed by atoms with E-state index in [0.29, 0.717) is 25.3 Å². The van der Waals surface area contributed by atoms with Gasteiger partial charge in [0.25, 0.3) is 5.91 Å². The number of hydrogen-bond donors (Lipinski definition) is 1. The largest absolute Gasteiger partial charge is 0.497 e. The van der Waals surface area contributed by atoms with Crippen molar-refractivity contribution in [1.29, 1.82) is 0 Å². The van der Waals surface area contributed by atoms with Gasteiger partial charge in [-0.2, -0.15) is 0 Å². The molecule has 4 rings (SSSR count). The van der Waals surface area contributed by atoms with Crippen LogP contribution in [0.25, 0.3) is 0 Å². The number of hydrogen-bond acceptors (Lipinski definition) is 4. The van der Waals surface area contributed by atoms with Gasteiger partial charge in [-0.05, 0) is 74.0 Å². The summed E-state index contributed by atoms with van der Waals surface area (Å²) in [4.78, 5) is 42.2. The molecule has 2 heterocycles. The van der Waals surface area contributed by atoms with Crippen LogP contribution in [0.5, 0.6) is 5.75 Å². The highest BCUT2D eigenvalue weighted by Gasteiger charge is 2.53. The quantitative estimate of drug-likeness (QED) is 0.686. The van der Waals surface area contributed by atoms with Crippen molar-refractivity contribution < 1.29 is 19.1 Å². The van der Waals surface area contributed by atoms with Crippen molar-refractivity contribution in [3.05, 3.63) is 29.8 Å². The summed E-state index contributed by atoms with van der Waals surface area (Å²) in [7, 11) is 1.64. The molecule has 3 fully saturated rings. The minimum absolute atomic E-state index is 0.0709. The standard InChI is InChI=1S/C26H37N3O4/c1-25(2,3)19-10-12-26(13-11-19)23(31)29(24(32)27-26)17-22(30)28-14-6-8-20(28)15-18-7-5-9-21(16-18)33-4/h5,7,9,16,19-20H,6,8,10-15,17H2,1-4H3,(H,27,32). The number of rotatable bonds is 5. The minimum atomic E-state index is -0.829. The SMILES string of the molecule is COc1cccc(CC2CCCN2C(=O)CN2C(=O)NC3(CCC(C(C)(C)C)CC3)C2=O)c1. The maximum Gasteiger partial charge on any atom is 0.325 e. The summed E-state index contributed by atoms with van der Waals surface area (Å²) in [5.74, 6) is 0.959. The maximum absolute atomic E-state index is 13.3. The molecule has 1 aromatic rings. The number of nitrogens with zero attached hydrogens (tertiary/aromatic N) is 2. The lowest BCUT2D eigenvalue weighted by atomic mass is 9.67. The van der Waals surface area contributed by atoms with Crippen molar-refractivity contribution in [3.63, 3.8) is 0 Å². The molecular weight excluding hydrogens is 418 g/mol. The molecule has 1 aliphatic carbocycles. The molecular formula is C26H37N3O4. The van der Waals surface area contributed by atoms with E-state index < -0.39 is 11.6 Å². The second kappa shape index (κ2) is 8.99. The third-order valence-electron chi connectivity index (χ3n) is 7.91. The van der Waals surface area contributed by atoms with Crippen molar-refractivity contribution >= 4 is 17.8 Å². The number of carbonyl (C=O) groups excluding carboxylic acids is 3. The van der Waals surface area contributed by atoms with Gasteiger partial charge >= 0.3 is 6.03 Å². The van der Waals surface area contributed by atoms with Crippen LogP contribution in [0.2, 0.25) is 0 Å². The average Bonchev–Trinajstić information content (AvgIpc) is 3.32. The van der Waals surface area contributed by atoms with Gasteiger partial charge in [0, 0.05) is 12.6 Å². The molecule has 2 aliphatic heterocycles. The molecule has 0 aromatic heterocycles. The van der Waals surface area contributed by atoms with Crippen LogP contribution in [-0.2, 0) is 16.0 Å². The van der Waals surface area contributed by atoms with E-state index in [4.69, 9.17) is 4.74 Å². The first kappa shape index (κ1) is 23.6. The van der Waals surface area contributed by atoms with E-state index in [1.807, 2.05) is 29.2 Å². The van der Waals surface area contributed by atoms with Crippen molar-refractivity contribution in [2.45, 2.75) is 77.3 Å². The summed E-state index contributed by atoms with van der Waals surface area (Å²) in [6, 6.07) is 7.54. The van der Waals surface area contributed by atoms with Crippen LogP contribution >= 0.6 is 0 Å². The summed E-state index contributed by atoms with van der Waals surface area (Å²) in [5, 5.41) is 2.95. The van der Waals surface area contributed by atoms with Crippen LogP contribution < -0.4 is 10.1 Å². The third kappa shape index (κ3) is 4.73. The second-order valence-electron chi connectivity index (χ2n) is 11.0. The summed E-state index contributed by atoms with van der Waals surface area (Å²) in [6.07, 6.45) is 5.69. The van der Waals surface area contributed by atoms with Gasteiger partial charge in [0.1, 0.15) is 17.8 Å². The molecule has 33 heavy (non-hydrogen) atoms. The number of ether oxygens (including phenoxy) is 1. The highest BCUT2D eigenvalue weighted by molar-refractivity contribution is 6.09. The monoisotopic (exact) mass is 455 g/mol. The fraction of sp³-hybridized carbons (Fsp3) is 0.654. The fourth-order valence-electron chi connectivity index (χ4n) is 5.81. The maximum atomic E-state index is 13.3. The van der Waals surface area contributed by atoms with E-state index in [9.17, 15) is 14.4 Å². The predicted octanol–water partition coefficient (Wildman–Crippen LogP) is 3.76. The van der Waals surface area contributed by atoms with E-state index in [0.717, 1.165) is 48.3 Å². The molecule has 1 saturated carbocycles. The van der Waals surface area contributed by atoms with Gasteiger partial charge in [-0.25, -0.2) is 4.79 Å². The Labute approximate surface area is 196 Å². The molecule has 4 amide bonds. The molecule has 7 heteroatoms. The lowest BCUT2D eigenvalue weighted by Gasteiger charge is -2.40. The Morgan fingerprint density at radius 3 is 2.58 bits per heavy atom. The number of nitrogens with one attached hydrogen (secondary N) is 1. The molecule has 0 radical (unpaired) electrons. The Morgan fingerprint density at radius 1 is 1.18 bits per heavy atom. The Bertz CT molecular complexity index is 914. The van der Waals surface area contributed by atoms with Crippen LogP contribution in [0.4, 0.5) is 4.79 Å². The Hall–Kier alpha value is -2.57. The first-order valence-electron chi connectivity index (χ1n) is 12.2. The van der Waals surface area contributed by atoms with E-state index >= 15 is 0 Å². The third-order valence-corrected chi connectivity index (χ3v) is 7.91. The molecule has 3 aliphatic rings. The van der Waals surface area contributed by atoms with Gasteiger partial charge in [-0.1, -0.05) is 32.9 Å². The minimum Gasteiger partial charge on any atom is -0.497 e. The topological polar surface area (TPSA) is 79.0 Å². The number of benzene rings is 1. The van der Waals surface area contributed by atoms with Crippen LogP contribution in [0.3, 0.4) is 0 Å². The van der Waals surface area contributed by atoms with E-state index in [1.54, 1.807) is 7.11 Å². The van der Waals surface area contributed by atoms with Gasteiger partial charge in [0.15, 0.2) is 0 Å². The predicted molar refractivity (Wildman–Crippen MR) is 126 cm³/mol. The number of methoxy groups -OCH3 is 1. The number of urea groups is 1. The Morgan fingerprint density at radius 2 is 1.91 bits per heavy atom. The molecule has 1 atom stereocenters. The van der Waals surface area contributed by atoms with Crippen LogP contribution in [0, 0.1) is 11.3 Å². The summed E-state index contributed by atoms with van der Waals surface area (Å²) >= 11 is 0. The summed E-state index contributed by atoms with van der Waals surface area (Å²) < 4.78 is 5.32. The molecule has 2 saturated heterocycles. The highest BCUT2D eigenvalue weighted by atomic mass is 16.5. The zero-order chi connectivity index (χ0) is 23.8. The summed E-state index contributed by atoms with van der Waals surface area (Å²) in [5.41, 5.74) is 0.476. The number of likely N-dealkylation sites (tertiary alicyclic amines) is 1. The lowest BCUT2D eigenvalue weighted by Crippen LogP contribution is -2.51. The smallest absolute Gasteiger partial charge is 0.325 e. The first-order chi connectivity index (χ1) is 15.6. The zero-order valence-electron chi connectivity index (χ0n) is 20.4. The van der Waals surface area contributed by atoms with Crippen molar-refractivity contribution in [2.24, 2.45) is 11.3 Å². The van der Waals surface area contributed by atoms with E-state index in [-0.39, 0.29) is 29.8 Å². The van der Waals surface area contributed by atoms with Crippen LogP contribution in [0.15, 0.2) is 24.3 Å². The highest BCUT2D eigenvalue weighted by Crippen LogP contribution is 2.43. The van der Waals surface area contributed by atoms with Gasteiger partial charge in [-0.15, -0.1) is 0 Å². The molecule has 1 spiro atoms. The van der Waals surface area contributed by atoms with E-state index in [2.05, 4.69) is 26.1 Å². The first-order valence-corrected chi connectivity index (χ1v) is 12.2. The lowest BCUT2D eigenvalue weighted by molar-refractivity contribution is -0.140. The number of carbonyl (C=O) groups is 3. The Balaban J connectivity index is 1.39. The number of amides is 4. The van der Waals surface area contributed by atoms with Gasteiger partial charge in [0.2, 0.25) is 5.91 Å². The van der Waals surface area contributed by atoms with Gasteiger partial charge in [0.05, 0.1) is 7.11 Å². The van der Waals surface area contributed by atoms with Crippen LogP contribution in [0.1, 0.15) is 64.9 Å². The molecule has 0 bridgehead atoms. The van der Waals surface area contributed by atoms with E-state index in [1.165, 1.54) is 0 Å². The molecule has 180 valence electrons. The van der Waals surface area contributed by atoms with Crippen molar-refractivity contribution in [2.75, 3.05) is 20.2 Å². The molecule has 1 aromatic carbocycles. The number of imide groups is 1. The summed E-state index contributed by atoms with van der Waals surface area (Å²) in [6.45, 7) is 7.17. The molecule has 1 N–H and O–H groups in total. The second-order valence-corrected chi connectivity index (χ2v) is 11.0. The van der Waals surface area contributed by atoms with Gasteiger partial charge in [-0.3, -0.25) is 14.5 Å². The zero-order valence-corrected chi connectivity index (χ0v) is 20.4. The molecule has 7 nitrogen and oxygen atoms in total. The van der Waals surface area contributed by atoms with Crippen molar-refractivity contribution in [1.82, 2.24) is 15.1 Å². The normalized spacial score (nSPS) is 27.9. The average molecular weight is 456 g/mol. The van der Waals surface area contributed by atoms with Crippen LogP contribution in [-0.4, -0.2) is 59.4 Å². The van der Waals surface area contributed by atoms with Gasteiger partial charge < -0.3 is 15.0 Å². The molecule has 1 unspecified atom stereocenters. The van der Waals surface area contributed by atoms with Crippen molar-refractivity contribution in [3.8, 4) is 5.75 Å². The Kier molecular flexibility index (Phi) is 6.43.